The second-order valence-electron chi connectivity index (χ2n) is 3.87. The molecular formula is C12H12F2O6. The van der Waals surface area contributed by atoms with Gasteiger partial charge in [0.15, 0.2) is 0 Å². The Hall–Kier alpha value is -2.06. The molecule has 1 aromatic carbocycles. The third-order valence-electron chi connectivity index (χ3n) is 2.42. The second-order valence-corrected chi connectivity index (χ2v) is 3.87. The minimum atomic E-state index is -4.54. The standard InChI is InChI=1S/C12H12F2O6/c13-12(14,11(18)19)9(8(16)6-15)20-10(17)7-4-2-1-3-5-7/h1-5,8-9,15-16H,6H2,(H,18,19). The van der Waals surface area contributed by atoms with Crippen LogP contribution < -0.4 is 0 Å². The zero-order chi connectivity index (χ0) is 15.3. The number of carbonyl (C=O) groups excluding carboxylic acids is 1. The van der Waals surface area contributed by atoms with E-state index >= 15 is 0 Å². The fourth-order valence-electron chi connectivity index (χ4n) is 1.37. The monoisotopic (exact) mass is 290 g/mol. The largest absolute Gasteiger partial charge is 0.477 e. The van der Waals surface area contributed by atoms with E-state index in [-0.39, 0.29) is 5.56 Å². The van der Waals surface area contributed by atoms with Crippen LogP contribution in [0.3, 0.4) is 0 Å². The van der Waals surface area contributed by atoms with Crippen LogP contribution in [0.1, 0.15) is 10.4 Å². The number of aliphatic carboxylic acids is 1. The Morgan fingerprint density at radius 1 is 1.25 bits per heavy atom. The number of rotatable bonds is 6. The Balaban J connectivity index is 2.97. The summed E-state index contributed by atoms with van der Waals surface area (Å²) in [6, 6.07) is 7.00. The van der Waals surface area contributed by atoms with E-state index in [1.807, 2.05) is 0 Å². The number of aliphatic hydroxyl groups excluding tert-OH is 2. The first-order chi connectivity index (χ1) is 9.30. The number of ether oxygens (including phenoxy) is 1. The van der Waals surface area contributed by atoms with E-state index in [4.69, 9.17) is 10.2 Å². The molecule has 6 nitrogen and oxygen atoms in total. The molecule has 1 rings (SSSR count). The highest BCUT2D eigenvalue weighted by Gasteiger charge is 2.53. The maximum Gasteiger partial charge on any atom is 0.381 e. The quantitative estimate of drug-likeness (QED) is 0.650. The Kier molecular flexibility index (Phi) is 5.12. The third kappa shape index (κ3) is 3.49. The van der Waals surface area contributed by atoms with Crippen LogP contribution in [0.4, 0.5) is 8.78 Å². The number of benzene rings is 1. The van der Waals surface area contributed by atoms with Crippen LogP contribution in [0.5, 0.6) is 0 Å². The number of carbonyl (C=O) groups is 2. The lowest BCUT2D eigenvalue weighted by Crippen LogP contribution is -2.51. The van der Waals surface area contributed by atoms with E-state index in [0.717, 1.165) is 0 Å². The Labute approximate surface area is 112 Å². The van der Waals surface area contributed by atoms with Gasteiger partial charge in [-0.2, -0.15) is 8.78 Å². The average molecular weight is 290 g/mol. The maximum atomic E-state index is 13.4. The number of halogens is 2. The van der Waals surface area contributed by atoms with E-state index < -0.39 is 36.7 Å². The fraction of sp³-hybridized carbons (Fsp3) is 0.333. The number of hydrogen-bond acceptors (Lipinski definition) is 5. The highest BCUT2D eigenvalue weighted by molar-refractivity contribution is 5.90. The first kappa shape index (κ1) is 16.0. The molecule has 20 heavy (non-hydrogen) atoms. The summed E-state index contributed by atoms with van der Waals surface area (Å²) in [7, 11) is 0. The first-order valence-corrected chi connectivity index (χ1v) is 5.47. The molecule has 0 aliphatic carbocycles. The summed E-state index contributed by atoms with van der Waals surface area (Å²) in [5, 5.41) is 26.3. The number of carboxylic acid groups (broad SMARTS) is 1. The summed E-state index contributed by atoms with van der Waals surface area (Å²) in [5.41, 5.74) is -0.0937. The molecule has 0 aliphatic rings. The molecule has 0 spiro atoms. The predicted molar refractivity (Wildman–Crippen MR) is 61.3 cm³/mol. The Morgan fingerprint density at radius 2 is 1.80 bits per heavy atom. The summed E-state index contributed by atoms with van der Waals surface area (Å²) >= 11 is 0. The third-order valence-corrected chi connectivity index (χ3v) is 2.42. The van der Waals surface area contributed by atoms with Crippen molar-refractivity contribution in [2.45, 2.75) is 18.1 Å². The van der Waals surface area contributed by atoms with Crippen molar-refractivity contribution < 1.29 is 38.4 Å². The fourth-order valence-corrected chi connectivity index (χ4v) is 1.37. The molecule has 8 heteroatoms. The normalized spacial score (nSPS) is 14.4. The van der Waals surface area contributed by atoms with Gasteiger partial charge < -0.3 is 20.1 Å². The van der Waals surface area contributed by atoms with Crippen molar-refractivity contribution in [1.82, 2.24) is 0 Å². The SMILES string of the molecule is O=C(OC(C(O)CO)C(F)(F)C(=O)O)c1ccccc1. The number of esters is 1. The van der Waals surface area contributed by atoms with Gasteiger partial charge >= 0.3 is 17.9 Å². The molecule has 0 aromatic heterocycles. The lowest BCUT2D eigenvalue weighted by Gasteiger charge is -2.26. The maximum absolute atomic E-state index is 13.4. The topological polar surface area (TPSA) is 104 Å². The van der Waals surface area contributed by atoms with Crippen molar-refractivity contribution in [3.05, 3.63) is 35.9 Å². The van der Waals surface area contributed by atoms with E-state index in [1.165, 1.54) is 24.3 Å². The molecule has 0 aliphatic heterocycles. The summed E-state index contributed by atoms with van der Waals surface area (Å²) in [6.07, 6.45) is -4.92. The van der Waals surface area contributed by atoms with Crippen LogP contribution in [0.25, 0.3) is 0 Å². The van der Waals surface area contributed by atoms with Crippen molar-refractivity contribution in [1.29, 1.82) is 0 Å². The minimum absolute atomic E-state index is 0.0937. The van der Waals surface area contributed by atoms with Gasteiger partial charge in [0.05, 0.1) is 12.2 Å². The van der Waals surface area contributed by atoms with Gasteiger partial charge in [-0.15, -0.1) is 0 Å². The molecule has 0 radical (unpaired) electrons. The molecule has 2 atom stereocenters. The van der Waals surface area contributed by atoms with Crippen LogP contribution in [0, 0.1) is 0 Å². The molecule has 0 fully saturated rings. The molecule has 0 heterocycles. The number of carboxylic acids is 1. The number of hydrogen-bond donors (Lipinski definition) is 3. The molecule has 0 bridgehead atoms. The lowest BCUT2D eigenvalue weighted by atomic mass is 10.1. The Bertz CT molecular complexity index is 476. The van der Waals surface area contributed by atoms with E-state index in [2.05, 4.69) is 4.74 Å². The van der Waals surface area contributed by atoms with Gasteiger partial charge in [0, 0.05) is 0 Å². The van der Waals surface area contributed by atoms with Crippen molar-refractivity contribution in [3.8, 4) is 0 Å². The molecule has 1 aromatic rings. The summed E-state index contributed by atoms with van der Waals surface area (Å²) in [6.45, 7) is -1.18. The highest BCUT2D eigenvalue weighted by Crippen LogP contribution is 2.25. The minimum Gasteiger partial charge on any atom is -0.477 e. The molecule has 0 saturated carbocycles. The number of aliphatic hydroxyl groups is 2. The lowest BCUT2D eigenvalue weighted by molar-refractivity contribution is -0.196. The Morgan fingerprint density at radius 3 is 2.25 bits per heavy atom. The van der Waals surface area contributed by atoms with E-state index in [9.17, 15) is 23.5 Å². The smallest absolute Gasteiger partial charge is 0.381 e. The van der Waals surface area contributed by atoms with E-state index in [1.54, 1.807) is 6.07 Å². The van der Waals surface area contributed by atoms with Crippen LogP contribution in [0.15, 0.2) is 30.3 Å². The highest BCUT2D eigenvalue weighted by atomic mass is 19.3. The van der Waals surface area contributed by atoms with Crippen LogP contribution in [-0.2, 0) is 9.53 Å². The molecule has 0 amide bonds. The zero-order valence-electron chi connectivity index (χ0n) is 10.1. The zero-order valence-corrected chi connectivity index (χ0v) is 10.1. The van der Waals surface area contributed by atoms with Gasteiger partial charge in [-0.25, -0.2) is 9.59 Å². The second kappa shape index (κ2) is 6.40. The molecule has 0 saturated heterocycles. The van der Waals surface area contributed by atoms with Gasteiger partial charge in [0.1, 0.15) is 6.10 Å². The van der Waals surface area contributed by atoms with Crippen molar-refractivity contribution in [3.63, 3.8) is 0 Å². The van der Waals surface area contributed by atoms with Crippen LogP contribution >= 0.6 is 0 Å². The van der Waals surface area contributed by atoms with Crippen molar-refractivity contribution >= 4 is 11.9 Å². The molecule has 2 unspecified atom stereocenters. The molecule has 3 N–H and O–H groups in total. The van der Waals surface area contributed by atoms with Crippen LogP contribution in [-0.4, -0.2) is 52.0 Å². The van der Waals surface area contributed by atoms with E-state index in [0.29, 0.717) is 0 Å². The van der Waals surface area contributed by atoms with Crippen molar-refractivity contribution in [2.75, 3.05) is 6.61 Å². The van der Waals surface area contributed by atoms with Gasteiger partial charge in [-0.05, 0) is 12.1 Å². The van der Waals surface area contributed by atoms with Gasteiger partial charge in [-0.1, -0.05) is 18.2 Å². The summed E-state index contributed by atoms with van der Waals surface area (Å²) in [4.78, 5) is 22.1. The molecule has 110 valence electrons. The summed E-state index contributed by atoms with van der Waals surface area (Å²) in [5.74, 6) is -8.34. The average Bonchev–Trinajstić information content (AvgIpc) is 2.44. The first-order valence-electron chi connectivity index (χ1n) is 5.47. The summed E-state index contributed by atoms with van der Waals surface area (Å²) < 4.78 is 31.1. The van der Waals surface area contributed by atoms with Crippen molar-refractivity contribution in [2.24, 2.45) is 0 Å². The number of alkyl halides is 2. The van der Waals surface area contributed by atoms with Gasteiger partial charge in [0.25, 0.3) is 0 Å². The van der Waals surface area contributed by atoms with Gasteiger partial charge in [-0.3, -0.25) is 0 Å². The van der Waals surface area contributed by atoms with Crippen LogP contribution in [0.2, 0.25) is 0 Å². The molecular weight excluding hydrogens is 278 g/mol. The van der Waals surface area contributed by atoms with Gasteiger partial charge in [0.2, 0.25) is 6.10 Å². The predicted octanol–water partition coefficient (Wildman–Crippen LogP) is 0.285.